The first-order chi connectivity index (χ1) is 11.6. The first-order valence-corrected chi connectivity index (χ1v) is 7.25. The van der Waals surface area contributed by atoms with Gasteiger partial charge in [0.1, 0.15) is 17.3 Å². The Labute approximate surface area is 136 Å². The third-order valence-corrected chi connectivity index (χ3v) is 3.32. The van der Waals surface area contributed by atoms with Crippen LogP contribution in [0, 0.1) is 5.82 Å². The summed E-state index contributed by atoms with van der Waals surface area (Å²) in [6.07, 6.45) is 1.51. The predicted octanol–water partition coefficient (Wildman–Crippen LogP) is 1.95. The Hall–Kier alpha value is -3.22. The maximum atomic E-state index is 13.2. The predicted molar refractivity (Wildman–Crippen MR) is 83.9 cm³/mol. The fourth-order valence-corrected chi connectivity index (χ4v) is 2.16. The highest BCUT2D eigenvalue weighted by atomic mass is 19.1. The third kappa shape index (κ3) is 3.75. The number of carbonyl (C=O) groups is 1. The molecular weight excluding hydrogens is 313 g/mol. The Morgan fingerprint density at radius 1 is 1.21 bits per heavy atom. The van der Waals surface area contributed by atoms with Gasteiger partial charge in [0.2, 0.25) is 0 Å². The molecule has 0 aliphatic heterocycles. The van der Waals surface area contributed by atoms with Crippen molar-refractivity contribution >= 4 is 5.91 Å². The van der Waals surface area contributed by atoms with Crippen molar-refractivity contribution in [1.29, 1.82) is 0 Å². The highest BCUT2D eigenvalue weighted by molar-refractivity contribution is 5.91. The van der Waals surface area contributed by atoms with E-state index in [9.17, 15) is 14.0 Å². The minimum Gasteiger partial charge on any atom is -0.467 e. The molecule has 0 unspecified atom stereocenters. The standard InChI is InChI=1S/C17H14FN3O3/c18-13-4-1-3-12(9-13)11-21-16(22)7-6-15(20-21)17(23)19-10-14-5-2-8-24-14/h1-9H,10-11H2,(H,19,23). The third-order valence-electron chi connectivity index (χ3n) is 3.32. The quantitative estimate of drug-likeness (QED) is 0.777. The van der Waals surface area contributed by atoms with Crippen molar-refractivity contribution in [2.75, 3.05) is 0 Å². The van der Waals surface area contributed by atoms with Gasteiger partial charge in [-0.3, -0.25) is 9.59 Å². The molecule has 0 saturated heterocycles. The van der Waals surface area contributed by atoms with Crippen LogP contribution in [0.4, 0.5) is 4.39 Å². The number of carbonyl (C=O) groups excluding carboxylic acids is 1. The van der Waals surface area contributed by atoms with E-state index in [4.69, 9.17) is 4.42 Å². The van der Waals surface area contributed by atoms with E-state index in [2.05, 4.69) is 10.4 Å². The SMILES string of the molecule is O=C(NCc1ccco1)c1ccc(=O)n(Cc2cccc(F)c2)n1. The van der Waals surface area contributed by atoms with Crippen LogP contribution in [0.3, 0.4) is 0 Å². The summed E-state index contributed by atoms with van der Waals surface area (Å²) in [5.41, 5.74) is 0.303. The molecule has 3 aromatic rings. The van der Waals surface area contributed by atoms with E-state index < -0.39 is 11.7 Å². The van der Waals surface area contributed by atoms with Crippen LogP contribution in [0.5, 0.6) is 0 Å². The van der Waals surface area contributed by atoms with E-state index in [1.165, 1.54) is 30.5 Å². The molecule has 0 saturated carbocycles. The second-order valence-electron chi connectivity index (χ2n) is 5.11. The van der Waals surface area contributed by atoms with Crippen molar-refractivity contribution < 1.29 is 13.6 Å². The number of halogens is 1. The Morgan fingerprint density at radius 2 is 2.08 bits per heavy atom. The van der Waals surface area contributed by atoms with Gasteiger partial charge in [-0.1, -0.05) is 12.1 Å². The lowest BCUT2D eigenvalue weighted by atomic mass is 10.2. The summed E-state index contributed by atoms with van der Waals surface area (Å²) in [6.45, 7) is 0.298. The number of rotatable bonds is 5. The molecule has 122 valence electrons. The summed E-state index contributed by atoms with van der Waals surface area (Å²) in [5.74, 6) is -0.219. The molecule has 6 nitrogen and oxygen atoms in total. The van der Waals surface area contributed by atoms with Crippen LogP contribution in [0.2, 0.25) is 0 Å². The summed E-state index contributed by atoms with van der Waals surface area (Å²) >= 11 is 0. The molecule has 1 aromatic carbocycles. The van der Waals surface area contributed by atoms with E-state index in [-0.39, 0.29) is 24.3 Å². The van der Waals surface area contributed by atoms with E-state index in [1.54, 1.807) is 24.3 Å². The van der Waals surface area contributed by atoms with Crippen molar-refractivity contribution in [2.45, 2.75) is 13.1 Å². The van der Waals surface area contributed by atoms with Crippen LogP contribution < -0.4 is 10.9 Å². The molecule has 3 rings (SSSR count). The monoisotopic (exact) mass is 327 g/mol. The van der Waals surface area contributed by atoms with Crippen LogP contribution in [-0.2, 0) is 13.1 Å². The van der Waals surface area contributed by atoms with Crippen LogP contribution in [0.15, 0.2) is 64.0 Å². The maximum absolute atomic E-state index is 13.2. The summed E-state index contributed by atoms with van der Waals surface area (Å²) in [5, 5.41) is 6.69. The van der Waals surface area contributed by atoms with Gasteiger partial charge in [-0.05, 0) is 35.9 Å². The average molecular weight is 327 g/mol. The van der Waals surface area contributed by atoms with Crippen LogP contribution >= 0.6 is 0 Å². The smallest absolute Gasteiger partial charge is 0.272 e. The number of nitrogens with one attached hydrogen (secondary N) is 1. The normalized spacial score (nSPS) is 10.5. The zero-order chi connectivity index (χ0) is 16.9. The number of hydrogen-bond acceptors (Lipinski definition) is 4. The van der Waals surface area contributed by atoms with Gasteiger partial charge < -0.3 is 9.73 Å². The molecule has 2 aromatic heterocycles. The van der Waals surface area contributed by atoms with Crippen molar-refractivity contribution in [3.8, 4) is 0 Å². The van der Waals surface area contributed by atoms with Crippen molar-refractivity contribution in [2.24, 2.45) is 0 Å². The minimum absolute atomic E-state index is 0.0793. The Morgan fingerprint density at radius 3 is 2.83 bits per heavy atom. The first kappa shape index (κ1) is 15.7. The molecule has 1 amide bonds. The van der Waals surface area contributed by atoms with Crippen LogP contribution in [0.1, 0.15) is 21.8 Å². The number of aromatic nitrogens is 2. The van der Waals surface area contributed by atoms with E-state index in [1.807, 2.05) is 0 Å². The van der Waals surface area contributed by atoms with Gasteiger partial charge in [0.25, 0.3) is 11.5 Å². The molecule has 0 radical (unpaired) electrons. The van der Waals surface area contributed by atoms with Gasteiger partial charge in [0.05, 0.1) is 19.4 Å². The van der Waals surface area contributed by atoms with Crippen molar-refractivity contribution in [1.82, 2.24) is 15.1 Å². The number of benzene rings is 1. The largest absolute Gasteiger partial charge is 0.467 e. The molecule has 7 heteroatoms. The topological polar surface area (TPSA) is 77.1 Å². The van der Waals surface area contributed by atoms with E-state index >= 15 is 0 Å². The molecule has 0 bridgehead atoms. The molecule has 0 spiro atoms. The summed E-state index contributed by atoms with van der Waals surface area (Å²) < 4.78 is 19.5. The zero-order valence-electron chi connectivity index (χ0n) is 12.6. The van der Waals surface area contributed by atoms with Gasteiger partial charge in [-0.2, -0.15) is 5.10 Å². The number of hydrogen-bond donors (Lipinski definition) is 1. The summed E-state index contributed by atoms with van der Waals surface area (Å²) in [4.78, 5) is 24.0. The van der Waals surface area contributed by atoms with Gasteiger partial charge in [0.15, 0.2) is 0 Å². The second kappa shape index (κ2) is 6.91. The van der Waals surface area contributed by atoms with Gasteiger partial charge in [-0.25, -0.2) is 9.07 Å². The molecular formula is C17H14FN3O3. The number of amides is 1. The van der Waals surface area contributed by atoms with Gasteiger partial charge in [0, 0.05) is 6.07 Å². The fraction of sp³-hybridized carbons (Fsp3) is 0.118. The lowest BCUT2D eigenvalue weighted by molar-refractivity contribution is 0.0940. The Bertz CT molecular complexity index is 903. The maximum Gasteiger partial charge on any atom is 0.272 e. The number of nitrogens with zero attached hydrogens (tertiary/aromatic N) is 2. The highest BCUT2D eigenvalue weighted by Crippen LogP contribution is 2.05. The highest BCUT2D eigenvalue weighted by Gasteiger charge is 2.10. The second-order valence-corrected chi connectivity index (χ2v) is 5.11. The lowest BCUT2D eigenvalue weighted by Crippen LogP contribution is -2.29. The fourth-order valence-electron chi connectivity index (χ4n) is 2.16. The van der Waals surface area contributed by atoms with Gasteiger partial charge in [-0.15, -0.1) is 0 Å². The first-order valence-electron chi connectivity index (χ1n) is 7.25. The Balaban J connectivity index is 1.75. The minimum atomic E-state index is -0.431. The molecule has 0 atom stereocenters. The van der Waals surface area contributed by atoms with E-state index in [0.717, 1.165) is 4.68 Å². The van der Waals surface area contributed by atoms with E-state index in [0.29, 0.717) is 11.3 Å². The number of furan rings is 1. The molecule has 2 heterocycles. The van der Waals surface area contributed by atoms with Crippen LogP contribution in [0.25, 0.3) is 0 Å². The van der Waals surface area contributed by atoms with Crippen LogP contribution in [-0.4, -0.2) is 15.7 Å². The van der Waals surface area contributed by atoms with Crippen molar-refractivity contribution in [3.05, 3.63) is 88.0 Å². The average Bonchev–Trinajstić information content (AvgIpc) is 3.08. The summed E-state index contributed by atoms with van der Waals surface area (Å²) in [6, 6.07) is 11.9. The molecule has 1 N–H and O–H groups in total. The molecule has 0 aliphatic carbocycles. The van der Waals surface area contributed by atoms with Gasteiger partial charge >= 0.3 is 0 Å². The molecule has 24 heavy (non-hydrogen) atoms. The zero-order valence-corrected chi connectivity index (χ0v) is 12.6. The molecule has 0 aliphatic rings. The van der Waals surface area contributed by atoms with Crippen molar-refractivity contribution in [3.63, 3.8) is 0 Å². The summed E-state index contributed by atoms with van der Waals surface area (Å²) in [7, 11) is 0. The Kier molecular flexibility index (Phi) is 4.51. The lowest BCUT2D eigenvalue weighted by Gasteiger charge is -2.07. The molecule has 0 fully saturated rings.